The highest BCUT2D eigenvalue weighted by Crippen LogP contribution is 2.25. The fourth-order valence-corrected chi connectivity index (χ4v) is 1.93. The molecule has 0 saturated carbocycles. The molecule has 2 aromatic carbocycles. The first-order chi connectivity index (χ1) is 9.58. The van der Waals surface area contributed by atoms with Crippen LogP contribution in [0.1, 0.15) is 11.5 Å². The molecule has 2 rings (SSSR count). The molecule has 0 spiro atoms. The summed E-state index contributed by atoms with van der Waals surface area (Å²) < 4.78 is 18.3. The summed E-state index contributed by atoms with van der Waals surface area (Å²) in [7, 11) is 0. The highest BCUT2D eigenvalue weighted by atomic mass is 35.5. The van der Waals surface area contributed by atoms with Gasteiger partial charge < -0.3 is 9.84 Å². The first-order valence-corrected chi connectivity index (χ1v) is 6.31. The summed E-state index contributed by atoms with van der Waals surface area (Å²) in [5, 5.41) is 9.65. The van der Waals surface area contributed by atoms with Crippen molar-refractivity contribution in [2.45, 2.75) is 5.92 Å². The van der Waals surface area contributed by atoms with Crippen LogP contribution in [-0.2, 0) is 4.79 Å². The number of rotatable bonds is 5. The van der Waals surface area contributed by atoms with Crippen LogP contribution in [0.25, 0.3) is 0 Å². The lowest BCUT2D eigenvalue weighted by atomic mass is 10.0. The Morgan fingerprint density at radius 1 is 1.20 bits per heavy atom. The van der Waals surface area contributed by atoms with E-state index in [0.717, 1.165) is 0 Å². The second kappa shape index (κ2) is 6.39. The zero-order valence-electron chi connectivity index (χ0n) is 10.4. The number of carboxylic acid groups (broad SMARTS) is 1. The molecule has 0 fully saturated rings. The Bertz CT molecular complexity index is 598. The molecule has 20 heavy (non-hydrogen) atoms. The zero-order chi connectivity index (χ0) is 14.5. The Morgan fingerprint density at radius 2 is 1.85 bits per heavy atom. The maximum absolute atomic E-state index is 12.9. The number of para-hydroxylation sites is 1. The summed E-state index contributed by atoms with van der Waals surface area (Å²) in [6.07, 6.45) is 0. The Labute approximate surface area is 120 Å². The van der Waals surface area contributed by atoms with E-state index in [2.05, 4.69) is 0 Å². The van der Waals surface area contributed by atoms with Gasteiger partial charge in [-0.25, -0.2) is 4.39 Å². The standard InChI is InChI=1S/C15H12ClFO3/c16-13-3-1-2-4-14(13)20-9-12(15(18)19)10-5-7-11(17)8-6-10/h1-8,12H,9H2,(H,18,19). The van der Waals surface area contributed by atoms with E-state index >= 15 is 0 Å². The quantitative estimate of drug-likeness (QED) is 0.914. The van der Waals surface area contributed by atoms with Gasteiger partial charge in [-0.2, -0.15) is 0 Å². The van der Waals surface area contributed by atoms with Crippen molar-refractivity contribution in [2.75, 3.05) is 6.61 Å². The number of benzene rings is 2. The molecule has 1 unspecified atom stereocenters. The van der Waals surface area contributed by atoms with Gasteiger partial charge in [0.15, 0.2) is 0 Å². The average molecular weight is 295 g/mol. The third-order valence-electron chi connectivity index (χ3n) is 2.81. The lowest BCUT2D eigenvalue weighted by molar-refractivity contribution is -0.139. The van der Waals surface area contributed by atoms with Crippen LogP contribution >= 0.6 is 11.6 Å². The predicted octanol–water partition coefficient (Wildman–Crippen LogP) is 3.73. The van der Waals surface area contributed by atoms with Crippen molar-refractivity contribution in [1.29, 1.82) is 0 Å². The molecule has 1 atom stereocenters. The van der Waals surface area contributed by atoms with Crippen LogP contribution in [0.5, 0.6) is 5.75 Å². The minimum atomic E-state index is -1.04. The Balaban J connectivity index is 2.13. The third kappa shape index (κ3) is 3.48. The van der Waals surface area contributed by atoms with Gasteiger partial charge in [0.2, 0.25) is 0 Å². The normalized spacial score (nSPS) is 11.9. The Kier molecular flexibility index (Phi) is 4.58. The third-order valence-corrected chi connectivity index (χ3v) is 3.12. The molecule has 0 aliphatic rings. The van der Waals surface area contributed by atoms with Crippen LogP contribution < -0.4 is 4.74 Å². The molecule has 104 valence electrons. The van der Waals surface area contributed by atoms with Crippen LogP contribution in [0, 0.1) is 5.82 Å². The van der Waals surface area contributed by atoms with E-state index in [9.17, 15) is 14.3 Å². The van der Waals surface area contributed by atoms with E-state index in [1.54, 1.807) is 24.3 Å². The number of carbonyl (C=O) groups is 1. The second-order valence-corrected chi connectivity index (χ2v) is 4.59. The molecule has 1 N–H and O–H groups in total. The van der Waals surface area contributed by atoms with E-state index in [0.29, 0.717) is 16.3 Å². The molecule has 0 heterocycles. The number of ether oxygens (including phenoxy) is 1. The van der Waals surface area contributed by atoms with E-state index in [1.165, 1.54) is 24.3 Å². The molecule has 5 heteroatoms. The Morgan fingerprint density at radius 3 is 2.45 bits per heavy atom. The summed E-state index contributed by atoms with van der Waals surface area (Å²) in [5.74, 6) is -1.91. The SMILES string of the molecule is O=C(O)C(COc1ccccc1Cl)c1ccc(F)cc1. The lowest BCUT2D eigenvalue weighted by Gasteiger charge is -2.14. The Hall–Kier alpha value is -2.07. The van der Waals surface area contributed by atoms with Crippen molar-refractivity contribution in [2.24, 2.45) is 0 Å². The fraction of sp³-hybridized carbons (Fsp3) is 0.133. The zero-order valence-corrected chi connectivity index (χ0v) is 11.2. The van der Waals surface area contributed by atoms with Crippen molar-refractivity contribution in [3.8, 4) is 5.75 Å². The number of carboxylic acids is 1. The summed E-state index contributed by atoms with van der Waals surface area (Å²) in [6, 6.07) is 12.1. The summed E-state index contributed by atoms with van der Waals surface area (Å²) >= 11 is 5.93. The van der Waals surface area contributed by atoms with Crippen molar-refractivity contribution in [3.05, 3.63) is 64.9 Å². The highest BCUT2D eigenvalue weighted by molar-refractivity contribution is 6.32. The van der Waals surface area contributed by atoms with Crippen LogP contribution in [0.4, 0.5) is 4.39 Å². The van der Waals surface area contributed by atoms with Crippen LogP contribution in [0.2, 0.25) is 5.02 Å². The van der Waals surface area contributed by atoms with Gasteiger partial charge in [0.05, 0.1) is 5.02 Å². The summed E-state index contributed by atoms with van der Waals surface area (Å²) in [6.45, 7) is -0.0787. The van der Waals surface area contributed by atoms with E-state index in [4.69, 9.17) is 16.3 Å². The summed E-state index contributed by atoms with van der Waals surface area (Å²) in [4.78, 5) is 11.3. The van der Waals surface area contributed by atoms with Gasteiger partial charge >= 0.3 is 5.97 Å². The van der Waals surface area contributed by atoms with Gasteiger partial charge in [-0.3, -0.25) is 4.79 Å². The van der Waals surface area contributed by atoms with E-state index in [-0.39, 0.29) is 6.61 Å². The maximum atomic E-state index is 12.9. The van der Waals surface area contributed by atoms with Crippen molar-refractivity contribution >= 4 is 17.6 Å². The number of hydrogen-bond donors (Lipinski definition) is 1. The molecule has 0 bridgehead atoms. The molecule has 0 aromatic heterocycles. The predicted molar refractivity (Wildman–Crippen MR) is 73.7 cm³/mol. The number of aliphatic carboxylic acids is 1. The molecule has 0 radical (unpaired) electrons. The number of hydrogen-bond acceptors (Lipinski definition) is 2. The molecule has 3 nitrogen and oxygen atoms in total. The van der Waals surface area contributed by atoms with E-state index in [1.807, 2.05) is 0 Å². The molecule has 0 saturated heterocycles. The van der Waals surface area contributed by atoms with Crippen LogP contribution in [0.15, 0.2) is 48.5 Å². The maximum Gasteiger partial charge on any atom is 0.314 e. The topological polar surface area (TPSA) is 46.5 Å². The van der Waals surface area contributed by atoms with Crippen molar-refractivity contribution in [1.82, 2.24) is 0 Å². The largest absolute Gasteiger partial charge is 0.491 e. The second-order valence-electron chi connectivity index (χ2n) is 4.18. The van der Waals surface area contributed by atoms with Crippen LogP contribution in [0.3, 0.4) is 0 Å². The molecular weight excluding hydrogens is 283 g/mol. The van der Waals surface area contributed by atoms with Crippen molar-refractivity contribution < 1.29 is 19.0 Å². The molecule has 0 aliphatic carbocycles. The molecule has 2 aromatic rings. The van der Waals surface area contributed by atoms with Crippen molar-refractivity contribution in [3.63, 3.8) is 0 Å². The minimum Gasteiger partial charge on any atom is -0.491 e. The first-order valence-electron chi connectivity index (χ1n) is 5.93. The fourth-order valence-electron chi connectivity index (χ4n) is 1.74. The lowest BCUT2D eigenvalue weighted by Crippen LogP contribution is -2.19. The van der Waals surface area contributed by atoms with Gasteiger partial charge in [0.25, 0.3) is 0 Å². The molecule has 0 amide bonds. The monoisotopic (exact) mass is 294 g/mol. The highest BCUT2D eigenvalue weighted by Gasteiger charge is 2.21. The minimum absolute atomic E-state index is 0.0787. The van der Waals surface area contributed by atoms with Gasteiger partial charge in [-0.15, -0.1) is 0 Å². The molecular formula is C15H12ClFO3. The van der Waals surface area contributed by atoms with Gasteiger partial charge in [-0.1, -0.05) is 35.9 Å². The average Bonchev–Trinajstić information content (AvgIpc) is 2.42. The summed E-state index contributed by atoms with van der Waals surface area (Å²) in [5.41, 5.74) is 0.478. The smallest absolute Gasteiger partial charge is 0.314 e. The first kappa shape index (κ1) is 14.3. The van der Waals surface area contributed by atoms with Gasteiger partial charge in [0.1, 0.15) is 24.1 Å². The van der Waals surface area contributed by atoms with E-state index < -0.39 is 17.7 Å². The van der Waals surface area contributed by atoms with Gasteiger partial charge in [-0.05, 0) is 29.8 Å². The van der Waals surface area contributed by atoms with Gasteiger partial charge in [0, 0.05) is 0 Å². The number of halogens is 2. The molecule has 0 aliphatic heterocycles. The van der Waals surface area contributed by atoms with Crippen LogP contribution in [-0.4, -0.2) is 17.7 Å².